The van der Waals surface area contributed by atoms with Crippen molar-refractivity contribution in [2.45, 2.75) is 32.7 Å². The molecule has 0 unspecified atom stereocenters. The summed E-state index contributed by atoms with van der Waals surface area (Å²) in [7, 11) is 0. The van der Waals surface area contributed by atoms with Gasteiger partial charge in [0.15, 0.2) is 0 Å². The van der Waals surface area contributed by atoms with E-state index < -0.39 is 0 Å². The molecule has 0 aliphatic rings. The molecule has 2 aromatic rings. The summed E-state index contributed by atoms with van der Waals surface area (Å²) in [6.45, 7) is 3.32. The van der Waals surface area contributed by atoms with Gasteiger partial charge in [0.2, 0.25) is 0 Å². The Bertz CT molecular complexity index is 445. The van der Waals surface area contributed by atoms with Gasteiger partial charge in [0, 0.05) is 28.7 Å². The van der Waals surface area contributed by atoms with E-state index in [1.165, 1.54) is 24.8 Å². The number of hydrogen-bond donors (Lipinski definition) is 0. The van der Waals surface area contributed by atoms with Gasteiger partial charge in [0.1, 0.15) is 0 Å². The van der Waals surface area contributed by atoms with Gasteiger partial charge >= 0.3 is 0 Å². The molecule has 1 aromatic carbocycles. The highest BCUT2D eigenvalue weighted by molar-refractivity contribution is 6.35. The van der Waals surface area contributed by atoms with Crippen LogP contribution in [0.5, 0.6) is 0 Å². The third-order valence-corrected chi connectivity index (χ3v) is 3.09. The largest absolute Gasteiger partial charge is 0.347 e. The summed E-state index contributed by atoms with van der Waals surface area (Å²) in [5.74, 6) is 0. The molecule has 15 heavy (non-hydrogen) atoms. The first-order valence-corrected chi connectivity index (χ1v) is 5.94. The Hall–Kier alpha value is -0.950. The molecule has 0 bridgehead atoms. The van der Waals surface area contributed by atoms with E-state index in [4.69, 9.17) is 11.6 Å². The lowest BCUT2D eigenvalue weighted by Gasteiger charge is -2.04. The van der Waals surface area contributed by atoms with Crippen LogP contribution in [0, 0.1) is 0 Å². The van der Waals surface area contributed by atoms with Crippen LogP contribution in [0.25, 0.3) is 10.9 Å². The highest BCUT2D eigenvalue weighted by Gasteiger charge is 2.02. The molecular weight excluding hydrogens is 206 g/mol. The van der Waals surface area contributed by atoms with E-state index in [-0.39, 0.29) is 0 Å². The Balaban J connectivity index is 2.25. The summed E-state index contributed by atoms with van der Waals surface area (Å²) in [6, 6.07) is 8.19. The highest BCUT2D eigenvalue weighted by atomic mass is 35.5. The second-order valence-corrected chi connectivity index (χ2v) is 4.30. The standard InChI is InChI=1S/C13H16ClN/c1-2-3-4-9-15-10-8-11-12(14)6-5-7-13(11)15/h5-8,10H,2-4,9H2,1H3. The minimum absolute atomic E-state index is 0.849. The first-order chi connectivity index (χ1) is 7.33. The zero-order chi connectivity index (χ0) is 10.7. The lowest BCUT2D eigenvalue weighted by molar-refractivity contribution is 0.616. The zero-order valence-corrected chi connectivity index (χ0v) is 9.80. The van der Waals surface area contributed by atoms with E-state index in [2.05, 4.69) is 29.8 Å². The molecule has 0 saturated carbocycles. The summed E-state index contributed by atoms with van der Waals surface area (Å²) >= 11 is 6.12. The molecule has 0 fully saturated rings. The van der Waals surface area contributed by atoms with Crippen LogP contribution in [0.3, 0.4) is 0 Å². The maximum atomic E-state index is 6.12. The van der Waals surface area contributed by atoms with Gasteiger partial charge < -0.3 is 4.57 Å². The van der Waals surface area contributed by atoms with Gasteiger partial charge in [0.25, 0.3) is 0 Å². The lowest BCUT2D eigenvalue weighted by Crippen LogP contribution is -1.95. The van der Waals surface area contributed by atoms with E-state index in [1.54, 1.807) is 0 Å². The third-order valence-electron chi connectivity index (χ3n) is 2.76. The predicted molar refractivity (Wildman–Crippen MR) is 66.5 cm³/mol. The topological polar surface area (TPSA) is 4.93 Å². The molecule has 0 N–H and O–H groups in total. The molecule has 0 spiro atoms. The Kier molecular flexibility index (Phi) is 3.32. The van der Waals surface area contributed by atoms with Crippen LogP contribution >= 0.6 is 11.6 Å². The molecule has 0 radical (unpaired) electrons. The van der Waals surface area contributed by atoms with Gasteiger partial charge in [-0.2, -0.15) is 0 Å². The molecule has 0 amide bonds. The average molecular weight is 222 g/mol. The fourth-order valence-electron chi connectivity index (χ4n) is 1.91. The number of halogens is 1. The van der Waals surface area contributed by atoms with Crippen LogP contribution in [0.2, 0.25) is 5.02 Å². The Morgan fingerprint density at radius 1 is 1.20 bits per heavy atom. The van der Waals surface area contributed by atoms with Crippen molar-refractivity contribution in [3.63, 3.8) is 0 Å². The molecule has 2 heteroatoms. The van der Waals surface area contributed by atoms with Crippen molar-refractivity contribution in [2.75, 3.05) is 0 Å². The normalized spacial score (nSPS) is 11.1. The lowest BCUT2D eigenvalue weighted by atomic mass is 10.2. The minimum atomic E-state index is 0.849. The van der Waals surface area contributed by atoms with Crippen LogP contribution in [0.4, 0.5) is 0 Å². The van der Waals surface area contributed by atoms with E-state index >= 15 is 0 Å². The van der Waals surface area contributed by atoms with E-state index in [9.17, 15) is 0 Å². The second kappa shape index (κ2) is 4.71. The number of hydrogen-bond acceptors (Lipinski definition) is 0. The molecule has 0 atom stereocenters. The van der Waals surface area contributed by atoms with Crippen LogP contribution in [0.15, 0.2) is 30.5 Å². The minimum Gasteiger partial charge on any atom is -0.347 e. The first kappa shape index (κ1) is 10.6. The molecule has 1 heterocycles. The smallest absolute Gasteiger partial charge is 0.0499 e. The molecule has 0 saturated heterocycles. The number of aryl methyl sites for hydroxylation is 1. The first-order valence-electron chi connectivity index (χ1n) is 5.56. The van der Waals surface area contributed by atoms with Crippen LogP contribution in [-0.2, 0) is 6.54 Å². The average Bonchev–Trinajstić information content (AvgIpc) is 2.64. The van der Waals surface area contributed by atoms with Crippen molar-refractivity contribution in [1.82, 2.24) is 4.57 Å². The number of fused-ring (bicyclic) bond motifs is 1. The second-order valence-electron chi connectivity index (χ2n) is 3.89. The van der Waals surface area contributed by atoms with Crippen molar-refractivity contribution in [2.24, 2.45) is 0 Å². The quantitative estimate of drug-likeness (QED) is 0.671. The van der Waals surface area contributed by atoms with Crippen molar-refractivity contribution >= 4 is 22.5 Å². The molecule has 0 aliphatic carbocycles. The summed E-state index contributed by atoms with van der Waals surface area (Å²) in [5.41, 5.74) is 1.25. The monoisotopic (exact) mass is 221 g/mol. The van der Waals surface area contributed by atoms with Crippen molar-refractivity contribution in [1.29, 1.82) is 0 Å². The Morgan fingerprint density at radius 2 is 2.07 bits per heavy atom. The van der Waals surface area contributed by atoms with Gasteiger partial charge in [0.05, 0.1) is 0 Å². The summed E-state index contributed by atoms with van der Waals surface area (Å²) < 4.78 is 2.29. The van der Waals surface area contributed by atoms with Crippen molar-refractivity contribution in [3.8, 4) is 0 Å². The zero-order valence-electron chi connectivity index (χ0n) is 9.04. The molecule has 0 aliphatic heterocycles. The van der Waals surface area contributed by atoms with E-state index in [0.29, 0.717) is 0 Å². The van der Waals surface area contributed by atoms with Crippen molar-refractivity contribution in [3.05, 3.63) is 35.5 Å². The van der Waals surface area contributed by atoms with Gasteiger partial charge in [-0.05, 0) is 24.6 Å². The Labute approximate surface area is 95.7 Å². The molecule has 1 nitrogen and oxygen atoms in total. The molecule has 80 valence electrons. The number of aromatic nitrogens is 1. The number of nitrogens with zero attached hydrogens (tertiary/aromatic N) is 1. The fraction of sp³-hybridized carbons (Fsp3) is 0.385. The van der Waals surface area contributed by atoms with Crippen LogP contribution in [-0.4, -0.2) is 4.57 Å². The molecule has 2 rings (SSSR count). The third kappa shape index (κ3) is 2.18. The summed E-state index contributed by atoms with van der Waals surface area (Å²) in [5, 5.41) is 2.01. The van der Waals surface area contributed by atoms with E-state index in [1.807, 2.05) is 12.1 Å². The van der Waals surface area contributed by atoms with E-state index in [0.717, 1.165) is 17.0 Å². The number of unbranched alkanes of at least 4 members (excludes halogenated alkanes) is 2. The molecular formula is C13H16ClN. The van der Waals surface area contributed by atoms with Gasteiger partial charge in [-0.3, -0.25) is 0 Å². The van der Waals surface area contributed by atoms with Crippen LogP contribution in [0.1, 0.15) is 26.2 Å². The predicted octanol–water partition coefficient (Wildman–Crippen LogP) is 4.48. The number of rotatable bonds is 4. The maximum Gasteiger partial charge on any atom is 0.0499 e. The summed E-state index contributed by atoms with van der Waals surface area (Å²) in [4.78, 5) is 0. The maximum absolute atomic E-state index is 6.12. The molecule has 1 aromatic heterocycles. The van der Waals surface area contributed by atoms with Gasteiger partial charge in [-0.25, -0.2) is 0 Å². The van der Waals surface area contributed by atoms with Gasteiger partial charge in [-0.1, -0.05) is 37.4 Å². The summed E-state index contributed by atoms with van der Waals surface area (Å²) in [6.07, 6.45) is 5.93. The Morgan fingerprint density at radius 3 is 2.87 bits per heavy atom. The fourth-order valence-corrected chi connectivity index (χ4v) is 2.15. The SMILES string of the molecule is CCCCCn1ccc2c(Cl)cccc21. The van der Waals surface area contributed by atoms with Gasteiger partial charge in [-0.15, -0.1) is 0 Å². The van der Waals surface area contributed by atoms with Crippen molar-refractivity contribution < 1.29 is 0 Å². The highest BCUT2D eigenvalue weighted by Crippen LogP contribution is 2.24. The van der Waals surface area contributed by atoms with Crippen LogP contribution < -0.4 is 0 Å². The number of benzene rings is 1.